The standard InChI is InChI=1S/C28H26ClFN4O/c1-19-2-13-24(14-3-19)31-28-27(21-7-11-23(30)12-8-21)32-25-18-33(16-17-34(25)28)26(35)15-6-20-4-9-22(29)10-5-20/h2-5,7-14,31H,6,15-18H2,1H3. The first kappa shape index (κ1) is 23.1. The van der Waals surface area contributed by atoms with Gasteiger partial charge in [0.15, 0.2) is 0 Å². The number of hydrogen-bond acceptors (Lipinski definition) is 3. The molecule has 4 aromatic rings. The molecule has 0 atom stereocenters. The molecule has 1 aliphatic rings. The van der Waals surface area contributed by atoms with E-state index >= 15 is 0 Å². The van der Waals surface area contributed by atoms with Crippen molar-refractivity contribution >= 4 is 29.0 Å². The van der Waals surface area contributed by atoms with Crippen LogP contribution in [-0.2, 0) is 24.3 Å². The van der Waals surface area contributed by atoms with Crippen LogP contribution in [0.3, 0.4) is 0 Å². The Bertz CT molecular complexity index is 1330. The lowest BCUT2D eigenvalue weighted by Gasteiger charge is -2.28. The predicted octanol–water partition coefficient (Wildman–Crippen LogP) is 6.37. The van der Waals surface area contributed by atoms with E-state index in [-0.39, 0.29) is 11.7 Å². The fourth-order valence-corrected chi connectivity index (χ4v) is 4.44. The van der Waals surface area contributed by atoms with E-state index in [2.05, 4.69) is 22.0 Å². The Morgan fingerprint density at radius 3 is 2.43 bits per heavy atom. The van der Waals surface area contributed by atoms with Crippen molar-refractivity contribution in [3.8, 4) is 11.3 Å². The molecule has 0 saturated carbocycles. The Morgan fingerprint density at radius 2 is 1.71 bits per heavy atom. The SMILES string of the molecule is Cc1ccc(Nc2c(-c3ccc(F)cc3)nc3n2CCN(C(=O)CCc2ccc(Cl)cc2)C3)cc1. The molecule has 0 spiro atoms. The molecule has 5 nitrogen and oxygen atoms in total. The number of anilines is 2. The van der Waals surface area contributed by atoms with E-state index in [1.165, 1.54) is 17.7 Å². The number of imidazole rings is 1. The Kier molecular flexibility index (Phi) is 6.55. The Morgan fingerprint density at radius 1 is 1.00 bits per heavy atom. The first-order valence-electron chi connectivity index (χ1n) is 11.7. The normalized spacial score (nSPS) is 12.9. The minimum atomic E-state index is -0.289. The summed E-state index contributed by atoms with van der Waals surface area (Å²) < 4.78 is 15.7. The topological polar surface area (TPSA) is 50.2 Å². The number of carbonyl (C=O) groups is 1. The van der Waals surface area contributed by atoms with Crippen molar-refractivity contribution < 1.29 is 9.18 Å². The molecule has 0 bridgehead atoms. The van der Waals surface area contributed by atoms with E-state index in [9.17, 15) is 9.18 Å². The molecule has 1 amide bonds. The Balaban J connectivity index is 1.38. The Labute approximate surface area is 209 Å². The molecule has 1 aromatic heterocycles. The van der Waals surface area contributed by atoms with Crippen molar-refractivity contribution in [3.63, 3.8) is 0 Å². The number of hydrogen-bond donors (Lipinski definition) is 1. The van der Waals surface area contributed by atoms with Crippen LogP contribution in [-0.4, -0.2) is 26.9 Å². The third kappa shape index (κ3) is 5.23. The summed E-state index contributed by atoms with van der Waals surface area (Å²) in [6.07, 6.45) is 1.10. The van der Waals surface area contributed by atoms with Crippen LogP contribution in [0.1, 0.15) is 23.4 Å². The van der Waals surface area contributed by atoms with Gasteiger partial charge in [-0.15, -0.1) is 0 Å². The average molecular weight is 489 g/mol. The molecule has 0 fully saturated rings. The molecule has 1 N–H and O–H groups in total. The van der Waals surface area contributed by atoms with Gasteiger partial charge in [-0.05, 0) is 67.4 Å². The third-order valence-corrected chi connectivity index (χ3v) is 6.55. The van der Waals surface area contributed by atoms with Gasteiger partial charge in [0.1, 0.15) is 23.2 Å². The number of carbonyl (C=O) groups excluding carboxylic acids is 1. The summed E-state index contributed by atoms with van der Waals surface area (Å²) in [4.78, 5) is 19.7. The van der Waals surface area contributed by atoms with Crippen LogP contribution in [0.25, 0.3) is 11.3 Å². The van der Waals surface area contributed by atoms with Crippen molar-refractivity contribution in [1.29, 1.82) is 0 Å². The number of fused-ring (bicyclic) bond motifs is 1. The van der Waals surface area contributed by atoms with Crippen LogP contribution in [0.4, 0.5) is 15.9 Å². The fourth-order valence-electron chi connectivity index (χ4n) is 4.31. The zero-order valence-electron chi connectivity index (χ0n) is 19.5. The second-order valence-corrected chi connectivity index (χ2v) is 9.25. The van der Waals surface area contributed by atoms with Gasteiger partial charge >= 0.3 is 0 Å². The monoisotopic (exact) mass is 488 g/mol. The molecule has 2 heterocycles. The highest BCUT2D eigenvalue weighted by Gasteiger charge is 2.27. The van der Waals surface area contributed by atoms with Crippen LogP contribution in [0, 0.1) is 12.7 Å². The van der Waals surface area contributed by atoms with Gasteiger partial charge < -0.3 is 14.8 Å². The lowest BCUT2D eigenvalue weighted by molar-refractivity contribution is -0.132. The predicted molar refractivity (Wildman–Crippen MR) is 137 cm³/mol. The summed E-state index contributed by atoms with van der Waals surface area (Å²) in [5.74, 6) is 1.47. The molecule has 35 heavy (non-hydrogen) atoms. The van der Waals surface area contributed by atoms with E-state index in [1.54, 1.807) is 12.1 Å². The lowest BCUT2D eigenvalue weighted by atomic mass is 10.1. The van der Waals surface area contributed by atoms with Crippen LogP contribution in [0.15, 0.2) is 72.8 Å². The molecule has 0 saturated heterocycles. The number of rotatable bonds is 6. The maximum Gasteiger partial charge on any atom is 0.223 e. The molecular formula is C28H26ClFN4O. The van der Waals surface area contributed by atoms with E-state index in [4.69, 9.17) is 16.6 Å². The number of aryl methyl sites for hydroxylation is 2. The summed E-state index contributed by atoms with van der Waals surface area (Å²) in [7, 11) is 0. The number of amides is 1. The van der Waals surface area contributed by atoms with Crippen molar-refractivity contribution in [2.75, 3.05) is 11.9 Å². The van der Waals surface area contributed by atoms with Crippen LogP contribution in [0.5, 0.6) is 0 Å². The highest BCUT2D eigenvalue weighted by molar-refractivity contribution is 6.30. The summed E-state index contributed by atoms with van der Waals surface area (Å²) in [6.45, 7) is 3.72. The minimum absolute atomic E-state index is 0.102. The minimum Gasteiger partial charge on any atom is -0.340 e. The second kappa shape index (κ2) is 9.92. The van der Waals surface area contributed by atoms with Gasteiger partial charge in [-0.1, -0.05) is 41.4 Å². The molecule has 0 radical (unpaired) electrons. The van der Waals surface area contributed by atoms with E-state index in [1.807, 2.05) is 48.2 Å². The van der Waals surface area contributed by atoms with Gasteiger partial charge in [0.25, 0.3) is 0 Å². The molecule has 3 aromatic carbocycles. The van der Waals surface area contributed by atoms with Gasteiger partial charge in [0, 0.05) is 35.8 Å². The quantitative estimate of drug-likeness (QED) is 0.343. The summed E-state index contributed by atoms with van der Waals surface area (Å²) in [6, 6.07) is 22.1. The highest BCUT2D eigenvalue weighted by atomic mass is 35.5. The van der Waals surface area contributed by atoms with Crippen molar-refractivity contribution in [3.05, 3.63) is 101 Å². The molecule has 178 valence electrons. The third-order valence-electron chi connectivity index (χ3n) is 6.30. The maximum atomic E-state index is 13.6. The zero-order chi connectivity index (χ0) is 24.4. The fraction of sp³-hybridized carbons (Fsp3) is 0.214. The van der Waals surface area contributed by atoms with Gasteiger partial charge in [0.05, 0.1) is 6.54 Å². The van der Waals surface area contributed by atoms with E-state index in [0.717, 1.165) is 34.2 Å². The molecular weight excluding hydrogens is 463 g/mol. The molecule has 0 aliphatic carbocycles. The number of halogens is 2. The van der Waals surface area contributed by atoms with Crippen LogP contribution < -0.4 is 5.32 Å². The lowest BCUT2D eigenvalue weighted by Crippen LogP contribution is -2.38. The Hall–Kier alpha value is -3.64. The molecule has 0 unspecified atom stereocenters. The molecule has 1 aliphatic heterocycles. The van der Waals surface area contributed by atoms with Crippen molar-refractivity contribution in [2.24, 2.45) is 0 Å². The smallest absolute Gasteiger partial charge is 0.223 e. The second-order valence-electron chi connectivity index (χ2n) is 8.82. The van der Waals surface area contributed by atoms with Crippen molar-refractivity contribution in [1.82, 2.24) is 14.5 Å². The largest absolute Gasteiger partial charge is 0.340 e. The van der Waals surface area contributed by atoms with Gasteiger partial charge in [-0.25, -0.2) is 9.37 Å². The van der Waals surface area contributed by atoms with E-state index in [0.29, 0.717) is 37.5 Å². The van der Waals surface area contributed by atoms with E-state index < -0.39 is 0 Å². The summed E-state index contributed by atoms with van der Waals surface area (Å²) in [5.41, 5.74) is 4.78. The number of aromatic nitrogens is 2. The summed E-state index contributed by atoms with van der Waals surface area (Å²) >= 11 is 5.96. The maximum absolute atomic E-state index is 13.6. The highest BCUT2D eigenvalue weighted by Crippen LogP contribution is 2.33. The van der Waals surface area contributed by atoms with Gasteiger partial charge in [-0.2, -0.15) is 0 Å². The summed E-state index contributed by atoms with van der Waals surface area (Å²) in [5, 5.41) is 4.20. The van der Waals surface area contributed by atoms with Crippen LogP contribution in [0.2, 0.25) is 5.02 Å². The zero-order valence-corrected chi connectivity index (χ0v) is 20.2. The molecule has 5 rings (SSSR count). The number of nitrogens with zero attached hydrogens (tertiary/aromatic N) is 3. The van der Waals surface area contributed by atoms with Crippen molar-refractivity contribution in [2.45, 2.75) is 32.9 Å². The van der Waals surface area contributed by atoms with Gasteiger partial charge in [-0.3, -0.25) is 4.79 Å². The van der Waals surface area contributed by atoms with Crippen LogP contribution >= 0.6 is 11.6 Å². The van der Waals surface area contributed by atoms with Gasteiger partial charge in [0.2, 0.25) is 5.91 Å². The first-order valence-corrected chi connectivity index (χ1v) is 12.1. The number of benzene rings is 3. The number of nitrogens with one attached hydrogen (secondary N) is 1. The first-order chi connectivity index (χ1) is 17.0. The molecule has 7 heteroatoms. The average Bonchev–Trinajstić information content (AvgIpc) is 3.22.